The zero-order chi connectivity index (χ0) is 18.1. The zero-order valence-electron chi connectivity index (χ0n) is 14.4. The molecule has 5 rings (SSSR count). The summed E-state index contributed by atoms with van der Waals surface area (Å²) in [6.45, 7) is 0. The molecule has 3 aromatic carbocycles. The number of rotatable bonds is 3. The second-order valence-corrected chi connectivity index (χ2v) is 6.19. The van der Waals surface area contributed by atoms with Gasteiger partial charge in [0, 0.05) is 22.7 Å². The molecular weight excluding hydrogens is 332 g/mol. The van der Waals surface area contributed by atoms with E-state index in [0.29, 0.717) is 0 Å². The van der Waals surface area contributed by atoms with Gasteiger partial charge in [0.05, 0.1) is 11.2 Å². The third-order valence-electron chi connectivity index (χ3n) is 4.52. The molecule has 0 saturated heterocycles. The van der Waals surface area contributed by atoms with Gasteiger partial charge in [0.15, 0.2) is 11.6 Å². The SMILES string of the molecule is [c]1ccc(-c2nnc(-c3ccccc3)n2-c2cccc3cccnc23)cc1. The molecule has 27 heavy (non-hydrogen) atoms. The van der Waals surface area contributed by atoms with E-state index in [1.165, 1.54) is 0 Å². The van der Waals surface area contributed by atoms with E-state index in [0.717, 1.165) is 39.4 Å². The molecule has 0 aliphatic heterocycles. The summed E-state index contributed by atoms with van der Waals surface area (Å²) in [4.78, 5) is 4.62. The summed E-state index contributed by atoms with van der Waals surface area (Å²) >= 11 is 0. The smallest absolute Gasteiger partial charge is 0.168 e. The van der Waals surface area contributed by atoms with Crippen LogP contribution in [0.1, 0.15) is 0 Å². The van der Waals surface area contributed by atoms with Crippen LogP contribution in [0.4, 0.5) is 0 Å². The number of para-hydroxylation sites is 1. The van der Waals surface area contributed by atoms with E-state index >= 15 is 0 Å². The molecule has 127 valence electrons. The molecule has 2 heterocycles. The van der Waals surface area contributed by atoms with Gasteiger partial charge >= 0.3 is 0 Å². The van der Waals surface area contributed by atoms with Crippen molar-refractivity contribution in [1.29, 1.82) is 0 Å². The van der Waals surface area contributed by atoms with Crippen molar-refractivity contribution < 1.29 is 0 Å². The van der Waals surface area contributed by atoms with Crippen molar-refractivity contribution in [3.05, 3.63) is 97.2 Å². The van der Waals surface area contributed by atoms with Crippen molar-refractivity contribution in [3.8, 4) is 28.5 Å². The second-order valence-electron chi connectivity index (χ2n) is 6.19. The average Bonchev–Trinajstić information content (AvgIpc) is 3.19. The Hall–Kier alpha value is -3.79. The van der Waals surface area contributed by atoms with Crippen LogP contribution in [0, 0.1) is 6.07 Å². The van der Waals surface area contributed by atoms with E-state index in [1.54, 1.807) is 0 Å². The fourth-order valence-electron chi connectivity index (χ4n) is 3.28. The van der Waals surface area contributed by atoms with Gasteiger partial charge in [0.25, 0.3) is 0 Å². The Morgan fingerprint density at radius 3 is 2.15 bits per heavy atom. The van der Waals surface area contributed by atoms with Gasteiger partial charge in [0.1, 0.15) is 0 Å². The van der Waals surface area contributed by atoms with Gasteiger partial charge in [-0.15, -0.1) is 10.2 Å². The number of fused-ring (bicyclic) bond motifs is 1. The Balaban J connectivity index is 1.85. The van der Waals surface area contributed by atoms with E-state index in [9.17, 15) is 0 Å². The van der Waals surface area contributed by atoms with Crippen molar-refractivity contribution in [3.63, 3.8) is 0 Å². The molecule has 0 unspecified atom stereocenters. The molecule has 5 aromatic rings. The van der Waals surface area contributed by atoms with Crippen LogP contribution in [-0.2, 0) is 0 Å². The van der Waals surface area contributed by atoms with Crippen LogP contribution in [0.25, 0.3) is 39.4 Å². The Labute approximate surface area is 156 Å². The number of benzene rings is 3. The highest BCUT2D eigenvalue weighted by atomic mass is 15.3. The highest BCUT2D eigenvalue weighted by Gasteiger charge is 2.18. The average molecular weight is 347 g/mol. The summed E-state index contributed by atoms with van der Waals surface area (Å²) in [5, 5.41) is 10.1. The summed E-state index contributed by atoms with van der Waals surface area (Å²) in [7, 11) is 0. The first kappa shape index (κ1) is 15.5. The number of hydrogen-bond acceptors (Lipinski definition) is 3. The Morgan fingerprint density at radius 1 is 0.667 bits per heavy atom. The van der Waals surface area contributed by atoms with Crippen LogP contribution in [0.3, 0.4) is 0 Å². The molecular formula is C23H15N4. The lowest BCUT2D eigenvalue weighted by Gasteiger charge is -2.13. The first-order valence-corrected chi connectivity index (χ1v) is 8.73. The summed E-state index contributed by atoms with van der Waals surface area (Å²) in [6, 6.07) is 31.1. The summed E-state index contributed by atoms with van der Waals surface area (Å²) < 4.78 is 2.08. The lowest BCUT2D eigenvalue weighted by Crippen LogP contribution is -2.02. The first-order valence-electron chi connectivity index (χ1n) is 8.73. The largest absolute Gasteiger partial charge is 0.273 e. The normalized spacial score (nSPS) is 11.0. The highest BCUT2D eigenvalue weighted by Crippen LogP contribution is 2.31. The molecule has 4 nitrogen and oxygen atoms in total. The van der Waals surface area contributed by atoms with Crippen molar-refractivity contribution in [2.45, 2.75) is 0 Å². The number of aromatic nitrogens is 4. The topological polar surface area (TPSA) is 43.6 Å². The Kier molecular flexibility index (Phi) is 3.72. The van der Waals surface area contributed by atoms with Crippen molar-refractivity contribution >= 4 is 10.9 Å². The first-order chi connectivity index (χ1) is 13.4. The van der Waals surface area contributed by atoms with E-state index in [-0.39, 0.29) is 0 Å². The zero-order valence-corrected chi connectivity index (χ0v) is 14.4. The Morgan fingerprint density at radius 2 is 1.37 bits per heavy atom. The third kappa shape index (κ3) is 2.68. The van der Waals surface area contributed by atoms with Crippen LogP contribution in [0.5, 0.6) is 0 Å². The van der Waals surface area contributed by atoms with Crippen LogP contribution in [0.15, 0.2) is 91.1 Å². The minimum Gasteiger partial charge on any atom is -0.273 e. The second kappa shape index (κ2) is 6.50. The quantitative estimate of drug-likeness (QED) is 0.464. The van der Waals surface area contributed by atoms with E-state index in [2.05, 4.69) is 44.0 Å². The van der Waals surface area contributed by atoms with Gasteiger partial charge in [0.2, 0.25) is 0 Å². The molecule has 1 radical (unpaired) electrons. The van der Waals surface area contributed by atoms with Crippen molar-refractivity contribution in [2.24, 2.45) is 0 Å². The summed E-state index contributed by atoms with van der Waals surface area (Å²) in [5.41, 5.74) is 3.86. The predicted molar refractivity (Wildman–Crippen MR) is 106 cm³/mol. The lowest BCUT2D eigenvalue weighted by molar-refractivity contribution is 1.08. The molecule has 0 aliphatic rings. The van der Waals surface area contributed by atoms with Gasteiger partial charge in [-0.25, -0.2) is 0 Å². The molecule has 0 aliphatic carbocycles. The van der Waals surface area contributed by atoms with Gasteiger partial charge in [-0.1, -0.05) is 72.8 Å². The maximum atomic E-state index is 4.62. The number of hydrogen-bond donors (Lipinski definition) is 0. The highest BCUT2D eigenvalue weighted by molar-refractivity contribution is 5.88. The van der Waals surface area contributed by atoms with Crippen LogP contribution >= 0.6 is 0 Å². The molecule has 0 fully saturated rings. The molecule has 0 amide bonds. The van der Waals surface area contributed by atoms with Crippen LogP contribution < -0.4 is 0 Å². The van der Waals surface area contributed by atoms with Gasteiger partial charge in [-0.2, -0.15) is 0 Å². The lowest BCUT2D eigenvalue weighted by atomic mass is 10.1. The summed E-state index contributed by atoms with van der Waals surface area (Å²) in [5.74, 6) is 1.57. The fourth-order valence-corrected chi connectivity index (χ4v) is 3.28. The molecule has 0 atom stereocenters. The molecule has 0 spiro atoms. The maximum absolute atomic E-state index is 4.62. The molecule has 0 bridgehead atoms. The predicted octanol–water partition coefficient (Wildman–Crippen LogP) is 4.95. The standard InChI is InChI=1S/C23H15N4/c1-3-9-18(10-4-1)22-25-26-23(19-11-5-2-6-12-19)27(22)20-15-7-13-17-14-8-16-24-21(17)20/h1,3-16H. The molecule has 2 aromatic heterocycles. The van der Waals surface area contributed by atoms with E-state index in [4.69, 9.17) is 0 Å². The fraction of sp³-hybridized carbons (Fsp3) is 0. The van der Waals surface area contributed by atoms with E-state index < -0.39 is 0 Å². The maximum Gasteiger partial charge on any atom is 0.168 e. The number of nitrogens with zero attached hydrogens (tertiary/aromatic N) is 4. The van der Waals surface area contributed by atoms with Crippen molar-refractivity contribution in [2.75, 3.05) is 0 Å². The van der Waals surface area contributed by atoms with E-state index in [1.807, 2.05) is 72.9 Å². The van der Waals surface area contributed by atoms with Gasteiger partial charge < -0.3 is 0 Å². The van der Waals surface area contributed by atoms with Gasteiger partial charge in [-0.05, 0) is 18.2 Å². The monoisotopic (exact) mass is 347 g/mol. The molecule has 0 saturated carbocycles. The minimum absolute atomic E-state index is 0.779. The van der Waals surface area contributed by atoms with Crippen LogP contribution in [-0.4, -0.2) is 19.7 Å². The minimum atomic E-state index is 0.779. The third-order valence-corrected chi connectivity index (χ3v) is 4.52. The Bertz CT molecular complexity index is 1150. The molecule has 0 N–H and O–H groups in total. The van der Waals surface area contributed by atoms with Crippen LogP contribution in [0.2, 0.25) is 0 Å². The molecule has 4 heteroatoms. The van der Waals surface area contributed by atoms with Crippen molar-refractivity contribution in [1.82, 2.24) is 19.7 Å². The number of pyridine rings is 1. The summed E-state index contributed by atoms with van der Waals surface area (Å²) in [6.07, 6.45) is 1.82. The van der Waals surface area contributed by atoms with Gasteiger partial charge in [-0.3, -0.25) is 9.55 Å².